The van der Waals surface area contributed by atoms with Crippen molar-refractivity contribution in [1.29, 1.82) is 0 Å². The minimum Gasteiger partial charge on any atom is -0.373 e. The largest absolute Gasteiger partial charge is 0.373 e. The first-order valence-electron chi connectivity index (χ1n) is 8.15. The van der Waals surface area contributed by atoms with Crippen LogP contribution in [0.25, 0.3) is 11.4 Å². The molecular formula is C18H21N5O. The first-order valence-corrected chi connectivity index (χ1v) is 8.15. The van der Waals surface area contributed by atoms with Crippen LogP contribution in [0.4, 0.5) is 5.82 Å². The van der Waals surface area contributed by atoms with Crippen LogP contribution in [-0.4, -0.2) is 27.9 Å². The number of pyridine rings is 1. The Hall–Kier alpha value is -2.76. The second kappa shape index (κ2) is 7.68. The molecule has 2 N–H and O–H groups in total. The van der Waals surface area contributed by atoms with Crippen LogP contribution in [-0.2, 0) is 11.3 Å². The highest BCUT2D eigenvalue weighted by Gasteiger charge is 2.18. The number of nitrogens with zero attached hydrogens (tertiary/aromatic N) is 3. The zero-order valence-electron chi connectivity index (χ0n) is 13.7. The molecule has 6 heteroatoms. The molecule has 0 saturated heterocycles. The lowest BCUT2D eigenvalue weighted by Gasteiger charge is -2.17. The molecule has 24 heavy (non-hydrogen) atoms. The van der Waals surface area contributed by atoms with Crippen molar-refractivity contribution in [1.82, 2.24) is 20.3 Å². The Labute approximate surface area is 141 Å². The van der Waals surface area contributed by atoms with E-state index in [1.54, 1.807) is 12.4 Å². The average Bonchev–Trinajstić information content (AvgIpc) is 2.67. The Morgan fingerprint density at radius 2 is 2.08 bits per heavy atom. The molecule has 1 atom stereocenters. The maximum atomic E-state index is 12.3. The summed E-state index contributed by atoms with van der Waals surface area (Å²) in [7, 11) is 1.81. The number of rotatable bonds is 5. The number of anilines is 1. The van der Waals surface area contributed by atoms with Gasteiger partial charge in [-0.1, -0.05) is 12.2 Å². The summed E-state index contributed by atoms with van der Waals surface area (Å²) in [6.07, 6.45) is 10.3. The summed E-state index contributed by atoms with van der Waals surface area (Å²) in [5.74, 6) is 1.51. The molecule has 0 saturated carbocycles. The number of allylic oxidation sites excluding steroid dienone is 2. The van der Waals surface area contributed by atoms with Gasteiger partial charge in [-0.2, -0.15) is 0 Å². The fourth-order valence-electron chi connectivity index (χ4n) is 2.70. The summed E-state index contributed by atoms with van der Waals surface area (Å²) in [5.41, 5.74) is 1.67. The van der Waals surface area contributed by atoms with Gasteiger partial charge in [-0.15, -0.1) is 0 Å². The highest BCUT2D eigenvalue weighted by molar-refractivity contribution is 5.79. The fraction of sp³-hybridized carbons (Fsp3) is 0.333. The molecule has 2 aromatic rings. The third kappa shape index (κ3) is 3.95. The van der Waals surface area contributed by atoms with E-state index in [0.717, 1.165) is 36.3 Å². The molecule has 0 spiro atoms. The quantitative estimate of drug-likeness (QED) is 0.827. The lowest BCUT2D eigenvalue weighted by Crippen LogP contribution is -2.31. The second-order valence-corrected chi connectivity index (χ2v) is 5.75. The summed E-state index contributed by atoms with van der Waals surface area (Å²) < 4.78 is 0. The lowest BCUT2D eigenvalue weighted by atomic mass is 9.94. The fourth-order valence-corrected chi connectivity index (χ4v) is 2.70. The van der Waals surface area contributed by atoms with Gasteiger partial charge >= 0.3 is 0 Å². The van der Waals surface area contributed by atoms with E-state index in [0.29, 0.717) is 12.4 Å². The van der Waals surface area contributed by atoms with Crippen molar-refractivity contribution in [2.45, 2.75) is 25.8 Å². The molecule has 0 aromatic carbocycles. The van der Waals surface area contributed by atoms with Crippen molar-refractivity contribution in [3.63, 3.8) is 0 Å². The van der Waals surface area contributed by atoms with E-state index in [9.17, 15) is 4.79 Å². The van der Waals surface area contributed by atoms with Crippen molar-refractivity contribution in [3.8, 4) is 11.4 Å². The summed E-state index contributed by atoms with van der Waals surface area (Å²) in [6, 6.07) is 5.59. The summed E-state index contributed by atoms with van der Waals surface area (Å²) >= 11 is 0. The van der Waals surface area contributed by atoms with E-state index in [-0.39, 0.29) is 11.8 Å². The average molecular weight is 323 g/mol. The monoisotopic (exact) mass is 323 g/mol. The zero-order valence-corrected chi connectivity index (χ0v) is 13.7. The van der Waals surface area contributed by atoms with Crippen LogP contribution in [0.15, 0.2) is 42.7 Å². The number of nitrogens with one attached hydrogen (secondary N) is 2. The van der Waals surface area contributed by atoms with Gasteiger partial charge < -0.3 is 10.6 Å². The lowest BCUT2D eigenvalue weighted by molar-refractivity contribution is -0.125. The van der Waals surface area contributed by atoms with Crippen LogP contribution < -0.4 is 10.6 Å². The van der Waals surface area contributed by atoms with Gasteiger partial charge in [-0.05, 0) is 31.4 Å². The van der Waals surface area contributed by atoms with Gasteiger partial charge in [0.05, 0.1) is 12.2 Å². The van der Waals surface area contributed by atoms with Gasteiger partial charge in [0, 0.05) is 37.0 Å². The molecule has 0 unspecified atom stereocenters. The Morgan fingerprint density at radius 1 is 1.25 bits per heavy atom. The third-order valence-electron chi connectivity index (χ3n) is 4.06. The topological polar surface area (TPSA) is 79.8 Å². The van der Waals surface area contributed by atoms with Gasteiger partial charge in [0.2, 0.25) is 5.91 Å². The number of hydrogen-bond acceptors (Lipinski definition) is 5. The third-order valence-corrected chi connectivity index (χ3v) is 4.06. The number of carbonyl (C=O) groups is 1. The minimum atomic E-state index is 0.0697. The molecule has 1 aliphatic rings. The Bertz CT molecular complexity index is 729. The maximum absolute atomic E-state index is 12.3. The molecule has 0 fully saturated rings. The van der Waals surface area contributed by atoms with Crippen LogP contribution in [0.1, 0.15) is 25.0 Å². The van der Waals surface area contributed by atoms with E-state index in [2.05, 4.69) is 37.7 Å². The molecule has 2 aromatic heterocycles. The normalized spacial score (nSPS) is 16.6. The first-order chi connectivity index (χ1) is 11.8. The minimum absolute atomic E-state index is 0.0697. The SMILES string of the molecule is CNc1cc(CNC(=O)[C@H]2CC=CCC2)nc(-c2ccncc2)n1. The van der Waals surface area contributed by atoms with Crippen molar-refractivity contribution in [2.75, 3.05) is 12.4 Å². The molecule has 1 amide bonds. The van der Waals surface area contributed by atoms with Crippen LogP contribution >= 0.6 is 0 Å². The number of amides is 1. The molecular weight excluding hydrogens is 302 g/mol. The molecule has 0 radical (unpaired) electrons. The van der Waals surface area contributed by atoms with E-state index < -0.39 is 0 Å². The van der Waals surface area contributed by atoms with E-state index in [4.69, 9.17) is 0 Å². The molecule has 0 bridgehead atoms. The number of aromatic nitrogens is 3. The second-order valence-electron chi connectivity index (χ2n) is 5.75. The van der Waals surface area contributed by atoms with E-state index >= 15 is 0 Å². The van der Waals surface area contributed by atoms with Gasteiger partial charge in [-0.3, -0.25) is 9.78 Å². The van der Waals surface area contributed by atoms with Crippen molar-refractivity contribution >= 4 is 11.7 Å². The van der Waals surface area contributed by atoms with Gasteiger partial charge in [0.1, 0.15) is 5.82 Å². The van der Waals surface area contributed by atoms with Crippen LogP contribution in [0.2, 0.25) is 0 Å². The number of carbonyl (C=O) groups excluding carboxylic acids is 1. The Morgan fingerprint density at radius 3 is 2.79 bits per heavy atom. The highest BCUT2D eigenvalue weighted by Crippen LogP contribution is 2.19. The molecule has 3 rings (SSSR count). The molecule has 1 aliphatic carbocycles. The van der Waals surface area contributed by atoms with Crippen LogP contribution in [0.5, 0.6) is 0 Å². The first kappa shape index (κ1) is 16.1. The number of hydrogen-bond donors (Lipinski definition) is 2. The van der Waals surface area contributed by atoms with Crippen LogP contribution in [0.3, 0.4) is 0 Å². The smallest absolute Gasteiger partial charge is 0.223 e. The van der Waals surface area contributed by atoms with Gasteiger partial charge in [0.25, 0.3) is 0 Å². The summed E-state index contributed by atoms with van der Waals surface area (Å²) in [5, 5.41) is 6.04. The summed E-state index contributed by atoms with van der Waals surface area (Å²) in [6.45, 7) is 0.397. The van der Waals surface area contributed by atoms with Crippen LogP contribution in [0, 0.1) is 5.92 Å². The highest BCUT2D eigenvalue weighted by atomic mass is 16.1. The molecule has 6 nitrogen and oxygen atoms in total. The van der Waals surface area contributed by atoms with Gasteiger partial charge in [-0.25, -0.2) is 9.97 Å². The molecule has 2 heterocycles. The van der Waals surface area contributed by atoms with Gasteiger partial charge in [0.15, 0.2) is 5.82 Å². The van der Waals surface area contributed by atoms with Crippen molar-refractivity contribution in [3.05, 3.63) is 48.4 Å². The summed E-state index contributed by atoms with van der Waals surface area (Å²) in [4.78, 5) is 25.3. The Kier molecular flexibility index (Phi) is 5.15. The zero-order chi connectivity index (χ0) is 16.8. The molecule has 0 aliphatic heterocycles. The predicted octanol–water partition coefficient (Wildman–Crippen LogP) is 2.55. The predicted molar refractivity (Wildman–Crippen MR) is 93.1 cm³/mol. The van der Waals surface area contributed by atoms with Crippen molar-refractivity contribution in [2.24, 2.45) is 5.92 Å². The Balaban J connectivity index is 1.73. The standard InChI is InChI=1S/C18H21N5O/c1-19-16-11-15(12-21-18(24)14-5-3-2-4-6-14)22-17(23-16)13-7-9-20-10-8-13/h2-3,7-11,14H,4-6,12H2,1H3,(H,21,24)(H,19,22,23)/t14-/m0/s1. The van der Waals surface area contributed by atoms with Crippen molar-refractivity contribution < 1.29 is 4.79 Å². The van der Waals surface area contributed by atoms with E-state index in [1.165, 1.54) is 0 Å². The van der Waals surface area contributed by atoms with E-state index in [1.807, 2.05) is 25.2 Å². The molecule has 124 valence electrons. The maximum Gasteiger partial charge on any atom is 0.223 e.